The summed E-state index contributed by atoms with van der Waals surface area (Å²) in [7, 11) is 3.15. The molecule has 3 amide bonds. The lowest BCUT2D eigenvalue weighted by atomic mass is 9.98. The third-order valence-corrected chi connectivity index (χ3v) is 6.98. The van der Waals surface area contributed by atoms with Gasteiger partial charge in [0.2, 0.25) is 0 Å². The quantitative estimate of drug-likeness (QED) is 0.431. The van der Waals surface area contributed by atoms with Crippen molar-refractivity contribution in [3.05, 3.63) is 70.0 Å². The average Bonchev–Trinajstić information content (AvgIpc) is 3.62. The summed E-state index contributed by atoms with van der Waals surface area (Å²) in [5.41, 5.74) is 3.65. The van der Waals surface area contributed by atoms with Crippen molar-refractivity contribution in [3.63, 3.8) is 0 Å². The van der Waals surface area contributed by atoms with Crippen LogP contribution in [0.4, 0.5) is 15.7 Å². The number of aromatic nitrogens is 5. The van der Waals surface area contributed by atoms with Crippen molar-refractivity contribution >= 4 is 34.2 Å². The highest BCUT2D eigenvalue weighted by Gasteiger charge is 2.35. The first kappa shape index (κ1) is 23.4. The van der Waals surface area contributed by atoms with E-state index in [1.54, 1.807) is 35.5 Å². The molecule has 184 valence electrons. The molecule has 1 N–H and O–H groups in total. The molecule has 3 aromatic heterocycles. The fourth-order valence-electron chi connectivity index (χ4n) is 4.23. The minimum Gasteiger partial charge on any atom is -0.354 e. The molecule has 0 radical (unpaired) electrons. The molecule has 0 spiro atoms. The number of hydrogen-bond acceptors (Lipinski definition) is 7. The summed E-state index contributed by atoms with van der Waals surface area (Å²) >= 11 is 1.26. The number of nitrogens with zero attached hydrogens (tertiary/aromatic N) is 7. The summed E-state index contributed by atoms with van der Waals surface area (Å²) in [6.07, 6.45) is 3.86. The van der Waals surface area contributed by atoms with Crippen molar-refractivity contribution in [1.29, 1.82) is 0 Å². The molecule has 1 aliphatic heterocycles. The molecule has 0 unspecified atom stereocenters. The first-order valence-electron chi connectivity index (χ1n) is 11.4. The normalized spacial score (nSPS) is 13.5. The highest BCUT2D eigenvalue weighted by Crippen LogP contribution is 2.34. The van der Waals surface area contributed by atoms with E-state index in [0.29, 0.717) is 36.1 Å². The third-order valence-electron chi connectivity index (χ3n) is 6.11. The standard InChI is InChI=1S/C24H24N8O3S/c1-4-17-18(15-5-7-16(8-6-15)32-14-27-29(3)23(32)34)9-10-26-20(17)30-11-12-31(24(30)35)22-28-19(13-36-22)21(33)25-2/h5-10,13-14H,4,11-12H2,1-3H3,(H,25,33). The first-order valence-corrected chi connectivity index (χ1v) is 12.3. The van der Waals surface area contributed by atoms with E-state index in [2.05, 4.69) is 20.4 Å². The summed E-state index contributed by atoms with van der Waals surface area (Å²) < 4.78 is 2.76. The van der Waals surface area contributed by atoms with Crippen LogP contribution in [0.15, 0.2) is 53.0 Å². The van der Waals surface area contributed by atoms with E-state index in [1.807, 2.05) is 37.3 Å². The number of thiazole rings is 1. The molecule has 0 bridgehead atoms. The van der Waals surface area contributed by atoms with Gasteiger partial charge in [-0.3, -0.25) is 14.6 Å². The second-order valence-electron chi connectivity index (χ2n) is 8.15. The van der Waals surface area contributed by atoms with Crippen molar-refractivity contribution in [2.75, 3.05) is 29.9 Å². The van der Waals surface area contributed by atoms with Crippen molar-refractivity contribution in [2.24, 2.45) is 7.05 Å². The number of urea groups is 1. The maximum absolute atomic E-state index is 13.3. The van der Waals surface area contributed by atoms with Gasteiger partial charge < -0.3 is 5.32 Å². The van der Waals surface area contributed by atoms with E-state index in [9.17, 15) is 14.4 Å². The van der Waals surface area contributed by atoms with E-state index >= 15 is 0 Å². The number of amides is 3. The molecule has 0 aliphatic carbocycles. The van der Waals surface area contributed by atoms with Crippen LogP contribution in [0.3, 0.4) is 0 Å². The number of carbonyl (C=O) groups excluding carboxylic acids is 2. The third kappa shape index (κ3) is 3.94. The molecule has 36 heavy (non-hydrogen) atoms. The van der Waals surface area contributed by atoms with Crippen LogP contribution < -0.4 is 20.8 Å². The lowest BCUT2D eigenvalue weighted by molar-refractivity contribution is 0.0959. The number of rotatable bonds is 6. The Morgan fingerprint density at radius 1 is 1.11 bits per heavy atom. The fourth-order valence-corrected chi connectivity index (χ4v) is 5.05. The molecular weight excluding hydrogens is 480 g/mol. The summed E-state index contributed by atoms with van der Waals surface area (Å²) in [5.74, 6) is 0.321. The van der Waals surface area contributed by atoms with Gasteiger partial charge in [0.05, 0.1) is 5.69 Å². The zero-order chi connectivity index (χ0) is 25.4. The Morgan fingerprint density at radius 2 is 1.86 bits per heavy atom. The van der Waals surface area contributed by atoms with Crippen molar-refractivity contribution < 1.29 is 9.59 Å². The second-order valence-corrected chi connectivity index (χ2v) is 8.99. The van der Waals surface area contributed by atoms with Crippen LogP contribution in [-0.2, 0) is 13.5 Å². The van der Waals surface area contributed by atoms with Gasteiger partial charge in [0.25, 0.3) is 5.91 Å². The molecule has 1 saturated heterocycles. The number of pyridine rings is 1. The van der Waals surface area contributed by atoms with Crippen molar-refractivity contribution in [3.8, 4) is 16.8 Å². The van der Waals surface area contributed by atoms with E-state index < -0.39 is 0 Å². The minimum absolute atomic E-state index is 0.219. The van der Waals surface area contributed by atoms with Gasteiger partial charge >= 0.3 is 11.7 Å². The van der Waals surface area contributed by atoms with Crippen LogP contribution >= 0.6 is 11.3 Å². The second kappa shape index (κ2) is 9.38. The van der Waals surface area contributed by atoms with Gasteiger partial charge in [-0.15, -0.1) is 11.3 Å². The van der Waals surface area contributed by atoms with Crippen LogP contribution in [0.25, 0.3) is 16.8 Å². The molecule has 4 heterocycles. The number of aryl methyl sites for hydroxylation is 1. The molecule has 0 atom stereocenters. The maximum atomic E-state index is 13.3. The zero-order valence-corrected chi connectivity index (χ0v) is 20.8. The molecule has 0 saturated carbocycles. The largest absolute Gasteiger partial charge is 0.354 e. The van der Waals surface area contributed by atoms with E-state index in [1.165, 1.54) is 26.9 Å². The molecule has 4 aromatic rings. The number of hydrogen-bond donors (Lipinski definition) is 1. The molecular formula is C24H24N8O3S. The average molecular weight is 505 g/mol. The Bertz CT molecular complexity index is 1500. The van der Waals surface area contributed by atoms with Crippen LogP contribution in [0.2, 0.25) is 0 Å². The van der Waals surface area contributed by atoms with Crippen LogP contribution in [-0.4, -0.2) is 56.4 Å². The van der Waals surface area contributed by atoms with Gasteiger partial charge in [-0.05, 0) is 35.7 Å². The van der Waals surface area contributed by atoms with E-state index in [-0.39, 0.29) is 23.3 Å². The van der Waals surface area contributed by atoms with Gasteiger partial charge in [-0.2, -0.15) is 5.10 Å². The Balaban J connectivity index is 1.44. The summed E-state index contributed by atoms with van der Waals surface area (Å²) in [5, 5.41) is 8.67. The molecule has 11 nitrogen and oxygen atoms in total. The number of anilines is 2. The Hall–Kier alpha value is -4.32. The molecule has 12 heteroatoms. The lowest BCUT2D eigenvalue weighted by Crippen LogP contribution is -2.33. The molecule has 1 fully saturated rings. The monoisotopic (exact) mass is 504 g/mol. The fraction of sp³-hybridized carbons (Fsp3) is 0.250. The predicted molar refractivity (Wildman–Crippen MR) is 137 cm³/mol. The van der Waals surface area contributed by atoms with Crippen molar-refractivity contribution in [2.45, 2.75) is 13.3 Å². The van der Waals surface area contributed by atoms with Gasteiger partial charge in [0, 0.05) is 44.3 Å². The Kier molecular flexibility index (Phi) is 6.10. The molecule has 1 aliphatic rings. The van der Waals surface area contributed by atoms with Crippen LogP contribution in [0, 0.1) is 0 Å². The Labute approximate surface area is 210 Å². The minimum atomic E-state index is -0.289. The van der Waals surface area contributed by atoms with E-state index in [4.69, 9.17) is 0 Å². The summed E-state index contributed by atoms with van der Waals surface area (Å²) in [6.45, 7) is 2.94. The van der Waals surface area contributed by atoms with Crippen LogP contribution in [0.5, 0.6) is 0 Å². The first-order chi connectivity index (χ1) is 17.4. The highest BCUT2D eigenvalue weighted by molar-refractivity contribution is 7.14. The zero-order valence-electron chi connectivity index (χ0n) is 20.0. The number of nitrogens with one attached hydrogen (secondary N) is 1. The predicted octanol–water partition coefficient (Wildman–Crippen LogP) is 2.46. The molecule has 5 rings (SSSR count). The van der Waals surface area contributed by atoms with Gasteiger partial charge in [0.1, 0.15) is 17.8 Å². The van der Waals surface area contributed by atoms with Gasteiger partial charge in [0.15, 0.2) is 5.13 Å². The SMILES string of the molecule is CCc1c(-c2ccc(-n3cnn(C)c3=O)cc2)ccnc1N1CCN(c2nc(C(=O)NC)cs2)C1=O. The lowest BCUT2D eigenvalue weighted by Gasteiger charge is -2.21. The summed E-state index contributed by atoms with van der Waals surface area (Å²) in [4.78, 5) is 49.6. The highest BCUT2D eigenvalue weighted by atomic mass is 32.1. The summed E-state index contributed by atoms with van der Waals surface area (Å²) in [6, 6.07) is 9.34. The number of carbonyl (C=O) groups is 2. The van der Waals surface area contributed by atoms with Crippen LogP contribution in [0.1, 0.15) is 23.0 Å². The van der Waals surface area contributed by atoms with Crippen molar-refractivity contribution in [1.82, 2.24) is 29.6 Å². The Morgan fingerprint density at radius 3 is 2.53 bits per heavy atom. The van der Waals surface area contributed by atoms with E-state index in [0.717, 1.165) is 16.7 Å². The smallest absolute Gasteiger partial charge is 0.350 e. The van der Waals surface area contributed by atoms with Gasteiger partial charge in [-0.25, -0.2) is 28.8 Å². The molecule has 1 aromatic carbocycles. The maximum Gasteiger partial charge on any atom is 0.350 e. The van der Waals surface area contributed by atoms with Gasteiger partial charge in [-0.1, -0.05) is 19.1 Å². The topological polar surface area (TPSA) is 118 Å². The number of benzene rings is 1.